The van der Waals surface area contributed by atoms with Gasteiger partial charge in [-0.05, 0) is 31.7 Å². The van der Waals surface area contributed by atoms with Gasteiger partial charge in [-0.3, -0.25) is 0 Å². The minimum Gasteiger partial charge on any atom is -0.390 e. The lowest BCUT2D eigenvalue weighted by molar-refractivity contribution is 0.270. The predicted molar refractivity (Wildman–Crippen MR) is 77.9 cm³/mol. The lowest BCUT2D eigenvalue weighted by Crippen LogP contribution is -2.36. The molecular formula is C14H24N2O3S. The highest BCUT2D eigenvalue weighted by Gasteiger charge is 2.29. The Morgan fingerprint density at radius 2 is 2.10 bits per heavy atom. The van der Waals surface area contributed by atoms with Crippen molar-refractivity contribution in [2.24, 2.45) is 5.92 Å². The van der Waals surface area contributed by atoms with E-state index in [1.165, 1.54) is 0 Å². The van der Waals surface area contributed by atoms with Crippen molar-refractivity contribution in [2.75, 3.05) is 0 Å². The minimum absolute atomic E-state index is 0.105. The summed E-state index contributed by atoms with van der Waals surface area (Å²) in [6.07, 6.45) is 4.68. The third kappa shape index (κ3) is 3.24. The molecule has 0 aliphatic heterocycles. The Bertz CT molecular complexity index is 561. The van der Waals surface area contributed by atoms with Crippen LogP contribution in [0.4, 0.5) is 0 Å². The van der Waals surface area contributed by atoms with Crippen LogP contribution in [0.1, 0.15) is 51.8 Å². The number of aliphatic hydroxyl groups is 1. The summed E-state index contributed by atoms with van der Waals surface area (Å²) in [4.78, 5) is 0.253. The molecule has 0 bridgehead atoms. The van der Waals surface area contributed by atoms with E-state index in [0.717, 1.165) is 19.3 Å². The number of hydrogen-bond acceptors (Lipinski definition) is 3. The normalized spacial score (nSPS) is 19.0. The highest BCUT2D eigenvalue weighted by molar-refractivity contribution is 7.89. The lowest BCUT2D eigenvalue weighted by Gasteiger charge is -2.19. The van der Waals surface area contributed by atoms with Gasteiger partial charge in [0, 0.05) is 24.0 Å². The van der Waals surface area contributed by atoms with Gasteiger partial charge in [-0.15, -0.1) is 0 Å². The van der Waals surface area contributed by atoms with Crippen molar-refractivity contribution in [1.29, 1.82) is 0 Å². The molecule has 0 spiro atoms. The van der Waals surface area contributed by atoms with Crippen molar-refractivity contribution in [3.8, 4) is 0 Å². The van der Waals surface area contributed by atoms with Crippen LogP contribution in [-0.4, -0.2) is 24.1 Å². The van der Waals surface area contributed by atoms with Crippen LogP contribution in [0.15, 0.2) is 17.2 Å². The molecule has 1 aromatic heterocycles. The summed E-state index contributed by atoms with van der Waals surface area (Å²) < 4.78 is 29.4. The zero-order valence-electron chi connectivity index (χ0n) is 12.3. The number of nitrogens with zero attached hydrogens (tertiary/aromatic N) is 1. The second-order valence-electron chi connectivity index (χ2n) is 5.76. The van der Waals surface area contributed by atoms with E-state index in [1.54, 1.807) is 12.3 Å². The van der Waals surface area contributed by atoms with Gasteiger partial charge in [0.25, 0.3) is 0 Å². The highest BCUT2D eigenvalue weighted by atomic mass is 32.2. The first-order valence-electron chi connectivity index (χ1n) is 7.23. The molecule has 1 fully saturated rings. The zero-order chi connectivity index (χ0) is 14.9. The van der Waals surface area contributed by atoms with Gasteiger partial charge in [-0.25, -0.2) is 13.1 Å². The predicted octanol–water partition coefficient (Wildman–Crippen LogP) is 2.03. The van der Waals surface area contributed by atoms with Crippen LogP contribution in [0.5, 0.6) is 0 Å². The van der Waals surface area contributed by atoms with E-state index in [9.17, 15) is 13.5 Å². The van der Waals surface area contributed by atoms with E-state index in [2.05, 4.69) is 4.72 Å². The van der Waals surface area contributed by atoms with E-state index in [4.69, 9.17) is 0 Å². The maximum absolute atomic E-state index is 12.4. The summed E-state index contributed by atoms with van der Waals surface area (Å²) in [5.74, 6) is 0.285. The first kappa shape index (κ1) is 15.5. The van der Waals surface area contributed by atoms with Crippen molar-refractivity contribution in [2.45, 2.75) is 63.6 Å². The van der Waals surface area contributed by atoms with Gasteiger partial charge in [0.15, 0.2) is 0 Å². The van der Waals surface area contributed by atoms with Gasteiger partial charge in [-0.2, -0.15) is 0 Å². The summed E-state index contributed by atoms with van der Waals surface area (Å²) >= 11 is 0. The van der Waals surface area contributed by atoms with Crippen LogP contribution in [0, 0.1) is 5.92 Å². The smallest absolute Gasteiger partial charge is 0.242 e. The fraction of sp³-hybridized carbons (Fsp3) is 0.714. The zero-order valence-corrected chi connectivity index (χ0v) is 13.2. The Kier molecular flexibility index (Phi) is 4.56. The van der Waals surface area contributed by atoms with Crippen LogP contribution in [0.3, 0.4) is 0 Å². The molecule has 0 radical (unpaired) electrons. The molecule has 1 heterocycles. The molecule has 0 saturated heterocycles. The molecule has 5 nitrogen and oxygen atoms in total. The molecule has 0 aromatic carbocycles. The average Bonchev–Trinajstić information content (AvgIpc) is 3.15. The first-order chi connectivity index (χ1) is 9.39. The quantitative estimate of drug-likeness (QED) is 0.809. The number of rotatable bonds is 7. The van der Waals surface area contributed by atoms with E-state index < -0.39 is 10.0 Å². The summed E-state index contributed by atoms with van der Waals surface area (Å²) in [5, 5.41) is 9.35. The molecule has 2 unspecified atom stereocenters. The number of aromatic nitrogens is 1. The third-order valence-electron chi connectivity index (χ3n) is 4.16. The van der Waals surface area contributed by atoms with Gasteiger partial charge >= 0.3 is 0 Å². The van der Waals surface area contributed by atoms with Crippen LogP contribution < -0.4 is 4.72 Å². The standard InChI is InChI=1S/C14H24N2O3S/c1-4-10(2)11(3)15-20(18,19)14-7-13(9-17)16(8-14)12-5-6-12/h7-8,10-12,15,17H,4-6,9H2,1-3H3. The van der Waals surface area contributed by atoms with Crippen LogP contribution in [0.25, 0.3) is 0 Å². The molecule has 1 aliphatic carbocycles. The summed E-state index contributed by atoms with van der Waals surface area (Å²) in [6, 6.07) is 1.82. The molecule has 2 atom stereocenters. The van der Waals surface area contributed by atoms with Gasteiger partial charge in [0.1, 0.15) is 0 Å². The summed E-state index contributed by atoms with van der Waals surface area (Å²) in [7, 11) is -3.51. The Balaban J connectivity index is 2.21. The van der Waals surface area contributed by atoms with Crippen molar-refractivity contribution in [3.05, 3.63) is 18.0 Å². The Labute approximate surface area is 121 Å². The maximum Gasteiger partial charge on any atom is 0.242 e. The monoisotopic (exact) mass is 300 g/mol. The molecule has 1 aliphatic rings. The average molecular weight is 300 g/mol. The van der Waals surface area contributed by atoms with Gasteiger partial charge in [-0.1, -0.05) is 20.3 Å². The second kappa shape index (κ2) is 5.87. The fourth-order valence-corrected chi connectivity index (χ4v) is 3.65. The van der Waals surface area contributed by atoms with Crippen molar-refractivity contribution in [3.63, 3.8) is 0 Å². The van der Waals surface area contributed by atoms with Crippen LogP contribution >= 0.6 is 0 Å². The van der Waals surface area contributed by atoms with Crippen molar-refractivity contribution < 1.29 is 13.5 Å². The van der Waals surface area contributed by atoms with Gasteiger partial charge in [0.05, 0.1) is 11.5 Å². The van der Waals surface area contributed by atoms with Crippen LogP contribution in [0.2, 0.25) is 0 Å². The molecule has 20 heavy (non-hydrogen) atoms. The molecular weight excluding hydrogens is 276 g/mol. The molecule has 1 saturated carbocycles. The lowest BCUT2D eigenvalue weighted by atomic mass is 10.0. The number of nitrogens with one attached hydrogen (secondary N) is 1. The number of hydrogen-bond donors (Lipinski definition) is 2. The van der Waals surface area contributed by atoms with Crippen LogP contribution in [-0.2, 0) is 16.6 Å². The SMILES string of the molecule is CCC(C)C(C)NS(=O)(=O)c1cc(CO)n(C2CC2)c1. The van der Waals surface area contributed by atoms with E-state index in [-0.39, 0.29) is 23.5 Å². The summed E-state index contributed by atoms with van der Waals surface area (Å²) in [5.41, 5.74) is 0.670. The Hall–Kier alpha value is -0.850. The number of aliphatic hydroxyl groups excluding tert-OH is 1. The molecule has 6 heteroatoms. The van der Waals surface area contributed by atoms with Crippen molar-refractivity contribution in [1.82, 2.24) is 9.29 Å². The largest absolute Gasteiger partial charge is 0.390 e. The molecule has 0 amide bonds. The molecule has 2 N–H and O–H groups in total. The van der Waals surface area contributed by atoms with Crippen molar-refractivity contribution >= 4 is 10.0 Å². The first-order valence-corrected chi connectivity index (χ1v) is 8.71. The third-order valence-corrected chi connectivity index (χ3v) is 5.68. The topological polar surface area (TPSA) is 71.3 Å². The highest BCUT2D eigenvalue weighted by Crippen LogP contribution is 2.37. The maximum atomic E-state index is 12.4. The fourth-order valence-electron chi connectivity index (χ4n) is 2.25. The van der Waals surface area contributed by atoms with E-state index in [0.29, 0.717) is 11.7 Å². The Morgan fingerprint density at radius 3 is 2.60 bits per heavy atom. The van der Waals surface area contributed by atoms with Gasteiger partial charge in [0.2, 0.25) is 10.0 Å². The van der Waals surface area contributed by atoms with Gasteiger partial charge < -0.3 is 9.67 Å². The molecule has 2 rings (SSSR count). The molecule has 1 aromatic rings. The Morgan fingerprint density at radius 1 is 1.45 bits per heavy atom. The van der Waals surface area contributed by atoms with E-state index in [1.807, 2.05) is 25.3 Å². The number of sulfonamides is 1. The minimum atomic E-state index is -3.51. The summed E-state index contributed by atoms with van der Waals surface area (Å²) in [6.45, 7) is 5.83. The molecule has 114 valence electrons. The van der Waals surface area contributed by atoms with E-state index >= 15 is 0 Å². The second-order valence-corrected chi connectivity index (χ2v) is 7.47.